The molecule has 1 aromatic carbocycles. The highest BCUT2D eigenvalue weighted by molar-refractivity contribution is 7.99. The number of carbonyl (C=O) groups excluding carboxylic acids is 1. The van der Waals surface area contributed by atoms with E-state index in [-0.39, 0.29) is 5.91 Å². The number of nitrogens with zero attached hydrogens (tertiary/aromatic N) is 4. The maximum Gasteiger partial charge on any atom is 0.233 e. The number of aromatic nitrogens is 3. The van der Waals surface area contributed by atoms with E-state index in [1.54, 1.807) is 6.33 Å². The Morgan fingerprint density at radius 2 is 1.74 bits per heavy atom. The second-order valence-electron chi connectivity index (χ2n) is 5.76. The highest BCUT2D eigenvalue weighted by Crippen LogP contribution is 2.20. The van der Waals surface area contributed by atoms with E-state index >= 15 is 0 Å². The van der Waals surface area contributed by atoms with Gasteiger partial charge in [0.1, 0.15) is 6.33 Å². The van der Waals surface area contributed by atoms with Crippen molar-refractivity contribution in [2.24, 2.45) is 0 Å². The molecule has 0 atom stereocenters. The Morgan fingerprint density at radius 3 is 2.48 bits per heavy atom. The van der Waals surface area contributed by atoms with E-state index in [0.717, 1.165) is 36.8 Å². The molecule has 6 heteroatoms. The molecular weight excluding hydrogens is 308 g/mol. The lowest BCUT2D eigenvalue weighted by atomic mass is 10.1. The molecule has 0 radical (unpaired) electrons. The average Bonchev–Trinajstić information content (AvgIpc) is 3.01. The van der Waals surface area contributed by atoms with E-state index in [0.29, 0.717) is 5.75 Å². The molecule has 0 N–H and O–H groups in total. The molecule has 122 valence electrons. The molecule has 23 heavy (non-hydrogen) atoms. The van der Waals surface area contributed by atoms with Crippen LogP contribution in [0.25, 0.3) is 5.69 Å². The SMILES string of the molecule is O=C(CSc1nncn1-c1ccccc1)N1CCCCCCC1. The fourth-order valence-electron chi connectivity index (χ4n) is 2.80. The van der Waals surface area contributed by atoms with E-state index in [1.165, 1.54) is 31.0 Å². The molecule has 0 unspecified atom stereocenters. The highest BCUT2D eigenvalue weighted by Gasteiger charge is 2.16. The van der Waals surface area contributed by atoms with Gasteiger partial charge >= 0.3 is 0 Å². The standard InChI is InChI=1S/C17H22N4OS/c22-16(20-11-7-2-1-3-8-12-20)13-23-17-19-18-14-21(17)15-9-5-4-6-10-15/h4-6,9-10,14H,1-3,7-8,11-13H2. The molecule has 0 saturated carbocycles. The first kappa shape index (κ1) is 16.1. The van der Waals surface area contributed by atoms with Crippen molar-refractivity contribution in [1.29, 1.82) is 0 Å². The minimum absolute atomic E-state index is 0.208. The maximum absolute atomic E-state index is 12.5. The summed E-state index contributed by atoms with van der Waals surface area (Å²) < 4.78 is 1.92. The van der Waals surface area contributed by atoms with Gasteiger partial charge in [-0.3, -0.25) is 9.36 Å². The molecule has 0 spiro atoms. The molecule has 1 fully saturated rings. The van der Waals surface area contributed by atoms with Gasteiger partial charge in [0.05, 0.1) is 5.75 Å². The number of carbonyl (C=O) groups is 1. The van der Waals surface area contributed by atoms with Crippen LogP contribution in [0.15, 0.2) is 41.8 Å². The monoisotopic (exact) mass is 330 g/mol. The molecule has 2 aromatic rings. The van der Waals surface area contributed by atoms with E-state index in [9.17, 15) is 4.79 Å². The van der Waals surface area contributed by atoms with E-state index in [2.05, 4.69) is 10.2 Å². The van der Waals surface area contributed by atoms with Crippen molar-refractivity contribution in [3.8, 4) is 5.69 Å². The van der Waals surface area contributed by atoms with Crippen LogP contribution in [0.3, 0.4) is 0 Å². The normalized spacial score (nSPS) is 15.9. The Labute approximate surface area is 141 Å². The Kier molecular flexibility index (Phi) is 5.69. The van der Waals surface area contributed by atoms with E-state index in [1.807, 2.05) is 39.8 Å². The smallest absolute Gasteiger partial charge is 0.233 e. The molecule has 1 aliphatic rings. The molecule has 0 bridgehead atoms. The number of amides is 1. The van der Waals surface area contributed by atoms with E-state index in [4.69, 9.17) is 0 Å². The topological polar surface area (TPSA) is 51.0 Å². The molecule has 5 nitrogen and oxygen atoms in total. The Hall–Kier alpha value is -1.82. The van der Waals surface area contributed by atoms with Gasteiger partial charge in [0.2, 0.25) is 5.91 Å². The number of rotatable bonds is 4. The Bertz CT molecular complexity index is 621. The summed E-state index contributed by atoms with van der Waals surface area (Å²) in [6.07, 6.45) is 7.71. The summed E-state index contributed by atoms with van der Waals surface area (Å²) >= 11 is 1.46. The number of hydrogen-bond donors (Lipinski definition) is 0. The minimum Gasteiger partial charge on any atom is -0.342 e. The predicted molar refractivity (Wildman–Crippen MR) is 91.7 cm³/mol. The molecular formula is C17H22N4OS. The van der Waals surface area contributed by atoms with Crippen molar-refractivity contribution in [1.82, 2.24) is 19.7 Å². The van der Waals surface area contributed by atoms with Gasteiger partial charge in [0, 0.05) is 18.8 Å². The fourth-order valence-corrected chi connectivity index (χ4v) is 3.63. The van der Waals surface area contributed by atoms with Crippen molar-refractivity contribution in [3.63, 3.8) is 0 Å². The van der Waals surface area contributed by atoms with Crippen molar-refractivity contribution in [3.05, 3.63) is 36.7 Å². The lowest BCUT2D eigenvalue weighted by molar-refractivity contribution is -0.128. The maximum atomic E-state index is 12.5. The zero-order valence-electron chi connectivity index (χ0n) is 13.2. The molecule has 1 aromatic heterocycles. The number of para-hydroxylation sites is 1. The van der Waals surface area contributed by atoms with Crippen LogP contribution < -0.4 is 0 Å². The van der Waals surface area contributed by atoms with Gasteiger partial charge in [-0.25, -0.2) is 0 Å². The summed E-state index contributed by atoms with van der Waals surface area (Å²) in [5.41, 5.74) is 1.01. The van der Waals surface area contributed by atoms with Gasteiger partial charge in [-0.2, -0.15) is 0 Å². The van der Waals surface area contributed by atoms with Crippen LogP contribution in [0.1, 0.15) is 32.1 Å². The van der Waals surface area contributed by atoms with Gasteiger partial charge in [-0.15, -0.1) is 10.2 Å². The quantitative estimate of drug-likeness (QED) is 0.808. The predicted octanol–water partition coefficient (Wildman–Crippen LogP) is 3.15. The Morgan fingerprint density at radius 1 is 1.04 bits per heavy atom. The second kappa shape index (κ2) is 8.15. The summed E-state index contributed by atoms with van der Waals surface area (Å²) in [6, 6.07) is 9.96. The van der Waals surface area contributed by atoms with Crippen LogP contribution in [0.5, 0.6) is 0 Å². The zero-order valence-corrected chi connectivity index (χ0v) is 14.0. The van der Waals surface area contributed by atoms with Crippen molar-refractivity contribution >= 4 is 17.7 Å². The summed E-state index contributed by atoms with van der Waals surface area (Å²) in [4.78, 5) is 14.5. The molecule has 1 aliphatic heterocycles. The van der Waals surface area contributed by atoms with Gasteiger partial charge in [-0.05, 0) is 25.0 Å². The fraction of sp³-hybridized carbons (Fsp3) is 0.471. The summed E-state index contributed by atoms with van der Waals surface area (Å²) in [5, 5.41) is 8.89. The number of benzene rings is 1. The Balaban J connectivity index is 1.60. The molecule has 0 aliphatic carbocycles. The zero-order chi connectivity index (χ0) is 15.9. The van der Waals surface area contributed by atoms with Gasteiger partial charge in [0.25, 0.3) is 0 Å². The lowest BCUT2D eigenvalue weighted by Crippen LogP contribution is -2.35. The largest absolute Gasteiger partial charge is 0.342 e. The first-order chi connectivity index (χ1) is 11.3. The summed E-state index contributed by atoms with van der Waals surface area (Å²) in [6.45, 7) is 1.79. The third-order valence-corrected chi connectivity index (χ3v) is 5.01. The third kappa shape index (κ3) is 4.34. The molecule has 3 rings (SSSR count). The third-order valence-electron chi connectivity index (χ3n) is 4.08. The van der Waals surface area contributed by atoms with Crippen molar-refractivity contribution in [2.45, 2.75) is 37.3 Å². The lowest BCUT2D eigenvalue weighted by Gasteiger charge is -2.24. The van der Waals surface area contributed by atoms with Crippen LogP contribution in [0.4, 0.5) is 0 Å². The molecule has 1 saturated heterocycles. The van der Waals surface area contributed by atoms with Crippen LogP contribution in [-0.4, -0.2) is 44.4 Å². The highest BCUT2D eigenvalue weighted by atomic mass is 32.2. The summed E-state index contributed by atoms with van der Waals surface area (Å²) in [7, 11) is 0. The van der Waals surface area contributed by atoms with Crippen molar-refractivity contribution in [2.75, 3.05) is 18.8 Å². The van der Waals surface area contributed by atoms with Crippen LogP contribution in [-0.2, 0) is 4.79 Å². The minimum atomic E-state index is 0.208. The number of hydrogen-bond acceptors (Lipinski definition) is 4. The van der Waals surface area contributed by atoms with Gasteiger partial charge < -0.3 is 4.90 Å². The number of thioether (sulfide) groups is 1. The summed E-state index contributed by atoms with van der Waals surface area (Å²) in [5.74, 6) is 0.630. The van der Waals surface area contributed by atoms with Crippen LogP contribution >= 0.6 is 11.8 Å². The molecule has 2 heterocycles. The van der Waals surface area contributed by atoms with Crippen LogP contribution in [0.2, 0.25) is 0 Å². The van der Waals surface area contributed by atoms with Gasteiger partial charge in [-0.1, -0.05) is 49.2 Å². The second-order valence-corrected chi connectivity index (χ2v) is 6.70. The first-order valence-corrected chi connectivity index (χ1v) is 9.19. The van der Waals surface area contributed by atoms with Gasteiger partial charge in [0.15, 0.2) is 5.16 Å². The van der Waals surface area contributed by atoms with Crippen LogP contribution in [0, 0.1) is 0 Å². The van der Waals surface area contributed by atoms with E-state index < -0.39 is 0 Å². The number of likely N-dealkylation sites (tertiary alicyclic amines) is 1. The average molecular weight is 330 g/mol. The van der Waals surface area contributed by atoms with Crippen molar-refractivity contribution < 1.29 is 4.79 Å². The molecule has 1 amide bonds. The first-order valence-electron chi connectivity index (χ1n) is 8.20.